The maximum absolute atomic E-state index is 12.0. The van der Waals surface area contributed by atoms with Crippen LogP contribution in [0.25, 0.3) is 0 Å². The normalized spacial score (nSPS) is 16.7. The number of pyridine rings is 1. The predicted molar refractivity (Wildman–Crippen MR) is 93.4 cm³/mol. The lowest BCUT2D eigenvalue weighted by Crippen LogP contribution is -2.37. The summed E-state index contributed by atoms with van der Waals surface area (Å²) in [5, 5.41) is 6.31. The zero-order valence-corrected chi connectivity index (χ0v) is 13.6. The number of hydrogen-bond acceptors (Lipinski definition) is 4. The number of carbonyl (C=O) groups excluding carboxylic acids is 1. The van der Waals surface area contributed by atoms with E-state index in [-0.39, 0.29) is 12.1 Å². The van der Waals surface area contributed by atoms with E-state index in [1.165, 1.54) is 5.56 Å². The van der Waals surface area contributed by atoms with E-state index in [9.17, 15) is 4.79 Å². The number of hydrogen-bond donors (Lipinski definition) is 2. The molecular weight excluding hydrogens is 308 g/mol. The van der Waals surface area contributed by atoms with E-state index >= 15 is 0 Å². The molecule has 2 heterocycles. The largest absolute Gasteiger partial charge is 0.334 e. The molecule has 0 radical (unpaired) electrons. The van der Waals surface area contributed by atoms with Crippen molar-refractivity contribution >= 4 is 23.0 Å². The highest BCUT2D eigenvalue weighted by Gasteiger charge is 2.21. The molecule has 1 atom stereocenters. The van der Waals surface area contributed by atoms with Crippen LogP contribution < -0.4 is 10.6 Å². The minimum atomic E-state index is -0.229. The van der Waals surface area contributed by atoms with Crippen LogP contribution >= 0.6 is 11.8 Å². The minimum absolute atomic E-state index is 0.0791. The van der Waals surface area contributed by atoms with E-state index in [0.717, 1.165) is 16.9 Å². The molecule has 0 bridgehead atoms. The van der Waals surface area contributed by atoms with E-state index in [1.54, 1.807) is 24.2 Å². The molecule has 23 heavy (non-hydrogen) atoms. The lowest BCUT2D eigenvalue weighted by atomic mass is 10.1. The average Bonchev–Trinajstić information content (AvgIpc) is 3.04. The molecule has 2 amide bonds. The molecule has 118 valence electrons. The topological polar surface area (TPSA) is 66.4 Å². The standard InChI is InChI=1S/C17H18N4OS/c1-12-2-4-13(5-3-12)10-19-16(22)21-17-20-15(11-23-17)14-6-8-18-9-7-14/h2-9,15H,10-11H2,1H3,(H2,19,20,21,22). The van der Waals surface area contributed by atoms with E-state index in [0.29, 0.717) is 11.7 Å². The Morgan fingerprint density at radius 2 is 1.96 bits per heavy atom. The van der Waals surface area contributed by atoms with Gasteiger partial charge in [0, 0.05) is 24.7 Å². The first-order valence-electron chi connectivity index (χ1n) is 7.41. The number of aryl methyl sites for hydroxylation is 1. The molecule has 1 aliphatic rings. The number of amides is 2. The Morgan fingerprint density at radius 3 is 2.70 bits per heavy atom. The third kappa shape index (κ3) is 4.32. The molecule has 1 unspecified atom stereocenters. The number of carbonyl (C=O) groups is 1. The Balaban J connectivity index is 1.51. The molecule has 3 rings (SSSR count). The maximum atomic E-state index is 12.0. The van der Waals surface area contributed by atoms with E-state index < -0.39 is 0 Å². The fourth-order valence-electron chi connectivity index (χ4n) is 2.23. The summed E-state index contributed by atoms with van der Waals surface area (Å²) in [5.74, 6) is 0.831. The van der Waals surface area contributed by atoms with Crippen LogP contribution in [0.15, 0.2) is 53.8 Å². The van der Waals surface area contributed by atoms with Gasteiger partial charge in [0.25, 0.3) is 0 Å². The van der Waals surface area contributed by atoms with Crippen molar-refractivity contribution < 1.29 is 4.79 Å². The van der Waals surface area contributed by atoms with Gasteiger partial charge in [-0.05, 0) is 30.2 Å². The molecule has 0 saturated carbocycles. The number of amidine groups is 1. The smallest absolute Gasteiger partial charge is 0.321 e. The second kappa shape index (κ2) is 7.28. The first kappa shape index (κ1) is 15.6. The first-order chi connectivity index (χ1) is 11.2. The van der Waals surface area contributed by atoms with Crippen molar-refractivity contribution in [2.45, 2.75) is 19.5 Å². The van der Waals surface area contributed by atoms with E-state index in [1.807, 2.05) is 43.3 Å². The van der Waals surface area contributed by atoms with Crippen LogP contribution in [0, 0.1) is 6.92 Å². The van der Waals surface area contributed by atoms with Crippen LogP contribution in [0.3, 0.4) is 0 Å². The first-order valence-corrected chi connectivity index (χ1v) is 8.40. The number of thioether (sulfide) groups is 1. The molecule has 2 aromatic rings. The number of benzene rings is 1. The molecule has 1 aromatic carbocycles. The Morgan fingerprint density at radius 1 is 1.22 bits per heavy atom. The highest BCUT2D eigenvalue weighted by molar-refractivity contribution is 8.14. The van der Waals surface area contributed by atoms with Crippen molar-refractivity contribution in [2.24, 2.45) is 4.99 Å². The van der Waals surface area contributed by atoms with E-state index in [2.05, 4.69) is 20.6 Å². The van der Waals surface area contributed by atoms with Crippen molar-refractivity contribution in [2.75, 3.05) is 5.75 Å². The van der Waals surface area contributed by atoms with Gasteiger partial charge in [-0.1, -0.05) is 41.6 Å². The van der Waals surface area contributed by atoms with Crippen molar-refractivity contribution in [1.29, 1.82) is 0 Å². The van der Waals surface area contributed by atoms with Crippen LogP contribution in [-0.2, 0) is 6.54 Å². The molecule has 6 heteroatoms. The summed E-state index contributed by atoms with van der Waals surface area (Å²) in [6, 6.07) is 11.8. The summed E-state index contributed by atoms with van der Waals surface area (Å²) in [6.07, 6.45) is 3.52. The molecule has 2 N–H and O–H groups in total. The molecule has 1 aromatic heterocycles. The zero-order valence-electron chi connectivity index (χ0n) is 12.8. The molecule has 0 aliphatic carbocycles. The van der Waals surface area contributed by atoms with Gasteiger partial charge >= 0.3 is 6.03 Å². The van der Waals surface area contributed by atoms with Crippen molar-refractivity contribution in [3.8, 4) is 0 Å². The highest BCUT2D eigenvalue weighted by Crippen LogP contribution is 2.28. The minimum Gasteiger partial charge on any atom is -0.334 e. The summed E-state index contributed by atoms with van der Waals surface area (Å²) in [7, 11) is 0. The third-order valence-corrected chi connectivity index (χ3v) is 4.50. The highest BCUT2D eigenvalue weighted by atomic mass is 32.2. The van der Waals surface area contributed by atoms with E-state index in [4.69, 9.17) is 0 Å². The van der Waals surface area contributed by atoms with Crippen molar-refractivity contribution in [1.82, 2.24) is 15.6 Å². The fraction of sp³-hybridized carbons (Fsp3) is 0.235. The van der Waals surface area contributed by atoms with Crippen LogP contribution in [-0.4, -0.2) is 21.9 Å². The average molecular weight is 326 g/mol. The summed E-state index contributed by atoms with van der Waals surface area (Å²) in [4.78, 5) is 20.5. The van der Waals surface area contributed by atoms with Gasteiger partial charge in [-0.25, -0.2) is 4.79 Å². The number of nitrogens with zero attached hydrogens (tertiary/aromatic N) is 2. The van der Waals surface area contributed by atoms with Crippen LogP contribution in [0.5, 0.6) is 0 Å². The zero-order chi connectivity index (χ0) is 16.1. The van der Waals surface area contributed by atoms with Crippen LogP contribution in [0.4, 0.5) is 4.79 Å². The predicted octanol–water partition coefficient (Wildman–Crippen LogP) is 3.03. The van der Waals surface area contributed by atoms with Crippen molar-refractivity contribution in [3.63, 3.8) is 0 Å². The third-order valence-electron chi connectivity index (χ3n) is 3.54. The SMILES string of the molecule is Cc1ccc(CNC(=O)NC2=NC(c3ccncc3)CS2)cc1. The molecule has 1 aliphatic heterocycles. The molecule has 0 fully saturated rings. The number of rotatable bonds is 3. The van der Waals surface area contributed by atoms with Crippen LogP contribution in [0.1, 0.15) is 22.7 Å². The summed E-state index contributed by atoms with van der Waals surface area (Å²) in [5.41, 5.74) is 3.39. The van der Waals surface area contributed by atoms with Gasteiger partial charge in [0.1, 0.15) is 0 Å². The fourth-order valence-corrected chi connectivity index (χ4v) is 3.18. The van der Waals surface area contributed by atoms with Gasteiger partial charge in [0.05, 0.1) is 6.04 Å². The maximum Gasteiger partial charge on any atom is 0.321 e. The summed E-state index contributed by atoms with van der Waals surface area (Å²) < 4.78 is 0. The molecule has 0 saturated heterocycles. The number of aromatic nitrogens is 1. The van der Waals surface area contributed by atoms with Gasteiger partial charge in [-0.3, -0.25) is 15.3 Å². The Labute approximate surface area is 139 Å². The number of urea groups is 1. The van der Waals surface area contributed by atoms with Crippen molar-refractivity contribution in [3.05, 3.63) is 65.5 Å². The number of aliphatic imine (C=N–C) groups is 1. The monoisotopic (exact) mass is 326 g/mol. The Hall–Kier alpha value is -2.34. The lowest BCUT2D eigenvalue weighted by molar-refractivity contribution is 0.245. The van der Waals surface area contributed by atoms with Gasteiger partial charge in [-0.2, -0.15) is 0 Å². The van der Waals surface area contributed by atoms with Gasteiger partial charge in [-0.15, -0.1) is 0 Å². The Bertz CT molecular complexity index is 700. The second-order valence-corrected chi connectivity index (χ2v) is 6.34. The summed E-state index contributed by atoms with van der Waals surface area (Å²) >= 11 is 1.55. The van der Waals surface area contributed by atoms with Gasteiger partial charge < -0.3 is 5.32 Å². The van der Waals surface area contributed by atoms with Gasteiger partial charge in [0.15, 0.2) is 5.17 Å². The summed E-state index contributed by atoms with van der Waals surface area (Å²) in [6.45, 7) is 2.54. The lowest BCUT2D eigenvalue weighted by Gasteiger charge is -2.07. The second-order valence-electron chi connectivity index (χ2n) is 5.33. The molecule has 0 spiro atoms. The van der Waals surface area contributed by atoms with Gasteiger partial charge in [0.2, 0.25) is 0 Å². The number of nitrogens with one attached hydrogen (secondary N) is 2. The molecular formula is C17H18N4OS. The molecule has 5 nitrogen and oxygen atoms in total. The van der Waals surface area contributed by atoms with Crippen LogP contribution in [0.2, 0.25) is 0 Å². The Kier molecular flexibility index (Phi) is 4.92. The quantitative estimate of drug-likeness (QED) is 0.911.